The van der Waals surface area contributed by atoms with E-state index in [1.807, 2.05) is 72.8 Å². The predicted octanol–water partition coefficient (Wildman–Crippen LogP) is 5.94. The van der Waals surface area contributed by atoms with Gasteiger partial charge in [0.15, 0.2) is 6.61 Å². The van der Waals surface area contributed by atoms with E-state index in [2.05, 4.69) is 5.32 Å². The van der Waals surface area contributed by atoms with Crippen molar-refractivity contribution in [3.05, 3.63) is 115 Å². The van der Waals surface area contributed by atoms with Crippen LogP contribution >= 0.6 is 0 Å². The Morgan fingerprint density at radius 1 is 0.625 bits per heavy atom. The highest BCUT2D eigenvalue weighted by Crippen LogP contribution is 2.23. The summed E-state index contributed by atoms with van der Waals surface area (Å²) in [7, 11) is 0. The number of carbonyl (C=O) groups is 2. The number of hydrogen-bond acceptors (Lipinski definition) is 4. The summed E-state index contributed by atoms with van der Waals surface area (Å²) < 4.78 is 10.9. The number of amides is 1. The molecule has 5 nitrogen and oxygen atoms in total. The average molecular weight is 423 g/mol. The highest BCUT2D eigenvalue weighted by atomic mass is 16.5. The second-order valence-electron chi connectivity index (χ2n) is 7.01. The summed E-state index contributed by atoms with van der Waals surface area (Å²) >= 11 is 0. The highest BCUT2D eigenvalue weighted by Gasteiger charge is 2.11. The number of ether oxygens (including phenoxy) is 2. The molecule has 0 aliphatic rings. The van der Waals surface area contributed by atoms with Gasteiger partial charge in [0.05, 0.1) is 5.56 Å². The van der Waals surface area contributed by atoms with Gasteiger partial charge in [-0.25, -0.2) is 4.79 Å². The lowest BCUT2D eigenvalue weighted by molar-refractivity contribution is -0.119. The Hall–Kier alpha value is -4.38. The van der Waals surface area contributed by atoms with Crippen LogP contribution in [0.1, 0.15) is 10.4 Å². The SMILES string of the molecule is O=C(COC(=O)c1ccc(-c2ccccc2)cc1)Nc1ccc(Oc2ccccc2)cc1. The van der Waals surface area contributed by atoms with Crippen LogP contribution in [-0.4, -0.2) is 18.5 Å². The van der Waals surface area contributed by atoms with E-state index in [-0.39, 0.29) is 6.61 Å². The fraction of sp³-hybridized carbons (Fsp3) is 0.0370. The van der Waals surface area contributed by atoms with Crippen LogP contribution in [-0.2, 0) is 9.53 Å². The first kappa shape index (κ1) is 20.9. The van der Waals surface area contributed by atoms with Gasteiger partial charge in [0.2, 0.25) is 0 Å². The first-order chi connectivity index (χ1) is 15.7. The van der Waals surface area contributed by atoms with E-state index in [0.29, 0.717) is 17.0 Å². The van der Waals surface area contributed by atoms with Gasteiger partial charge in [-0.05, 0) is 59.7 Å². The van der Waals surface area contributed by atoms with Crippen LogP contribution in [0.15, 0.2) is 109 Å². The van der Waals surface area contributed by atoms with E-state index in [4.69, 9.17) is 9.47 Å². The molecule has 5 heteroatoms. The molecule has 0 saturated carbocycles. The number of rotatable bonds is 7. The van der Waals surface area contributed by atoms with Crippen molar-refractivity contribution >= 4 is 17.6 Å². The summed E-state index contributed by atoms with van der Waals surface area (Å²) in [4.78, 5) is 24.4. The average Bonchev–Trinajstić information content (AvgIpc) is 2.85. The first-order valence-corrected chi connectivity index (χ1v) is 10.1. The van der Waals surface area contributed by atoms with Crippen LogP contribution in [0.2, 0.25) is 0 Å². The molecule has 0 heterocycles. The van der Waals surface area contributed by atoms with Gasteiger partial charge in [-0.3, -0.25) is 4.79 Å². The van der Waals surface area contributed by atoms with Crippen molar-refractivity contribution in [2.24, 2.45) is 0 Å². The van der Waals surface area contributed by atoms with Crippen LogP contribution in [0, 0.1) is 0 Å². The van der Waals surface area contributed by atoms with Gasteiger partial charge in [-0.1, -0.05) is 60.7 Å². The molecule has 0 aromatic heterocycles. The number of nitrogens with one attached hydrogen (secondary N) is 1. The Morgan fingerprint density at radius 2 is 1.19 bits per heavy atom. The lowest BCUT2D eigenvalue weighted by Gasteiger charge is -2.09. The zero-order valence-electron chi connectivity index (χ0n) is 17.2. The van der Waals surface area contributed by atoms with Crippen LogP contribution in [0.3, 0.4) is 0 Å². The largest absolute Gasteiger partial charge is 0.457 e. The van der Waals surface area contributed by atoms with Crippen molar-refractivity contribution in [1.82, 2.24) is 0 Å². The molecule has 0 saturated heterocycles. The smallest absolute Gasteiger partial charge is 0.338 e. The molecule has 0 aliphatic carbocycles. The maximum Gasteiger partial charge on any atom is 0.338 e. The van der Waals surface area contributed by atoms with E-state index in [1.54, 1.807) is 36.4 Å². The minimum Gasteiger partial charge on any atom is -0.457 e. The van der Waals surface area contributed by atoms with E-state index >= 15 is 0 Å². The minimum absolute atomic E-state index is 0.373. The van der Waals surface area contributed by atoms with E-state index in [9.17, 15) is 9.59 Å². The van der Waals surface area contributed by atoms with E-state index < -0.39 is 11.9 Å². The molecule has 32 heavy (non-hydrogen) atoms. The van der Waals surface area contributed by atoms with Crippen molar-refractivity contribution < 1.29 is 19.1 Å². The Bertz CT molecular complexity index is 1170. The number of anilines is 1. The van der Waals surface area contributed by atoms with Crippen molar-refractivity contribution in [2.45, 2.75) is 0 Å². The van der Waals surface area contributed by atoms with Crippen LogP contribution in [0.5, 0.6) is 11.5 Å². The number of para-hydroxylation sites is 1. The third kappa shape index (κ3) is 5.61. The van der Waals surface area contributed by atoms with Crippen molar-refractivity contribution in [2.75, 3.05) is 11.9 Å². The summed E-state index contributed by atoms with van der Waals surface area (Å²) in [6.45, 7) is -0.373. The molecule has 0 aliphatic heterocycles. The Kier molecular flexibility index (Phi) is 6.58. The molecule has 4 aromatic rings. The molecule has 158 valence electrons. The van der Waals surface area contributed by atoms with Gasteiger partial charge in [0, 0.05) is 5.69 Å². The lowest BCUT2D eigenvalue weighted by atomic mass is 10.0. The Morgan fingerprint density at radius 3 is 1.84 bits per heavy atom. The van der Waals surface area contributed by atoms with Crippen molar-refractivity contribution in [1.29, 1.82) is 0 Å². The third-order valence-corrected chi connectivity index (χ3v) is 4.68. The van der Waals surface area contributed by atoms with Gasteiger partial charge in [0.1, 0.15) is 11.5 Å². The summed E-state index contributed by atoms with van der Waals surface area (Å²) in [5.41, 5.74) is 3.03. The standard InChI is InChI=1S/C27H21NO4/c29-26(28-23-15-17-25(18-16-23)32-24-9-5-2-6-10-24)19-31-27(30)22-13-11-21(12-14-22)20-7-3-1-4-8-20/h1-18H,19H2,(H,28,29). The fourth-order valence-corrected chi connectivity index (χ4v) is 3.07. The Labute approximate surface area is 186 Å². The molecule has 0 atom stereocenters. The molecule has 0 radical (unpaired) electrons. The summed E-state index contributed by atoms with van der Waals surface area (Å²) in [6, 6.07) is 33.3. The molecule has 0 spiro atoms. The maximum atomic E-state index is 12.2. The summed E-state index contributed by atoms with van der Waals surface area (Å²) in [5, 5.41) is 2.70. The molecule has 1 amide bonds. The van der Waals surface area contributed by atoms with Crippen LogP contribution < -0.4 is 10.1 Å². The van der Waals surface area contributed by atoms with Crippen molar-refractivity contribution in [3.8, 4) is 22.6 Å². The molecular weight excluding hydrogens is 402 g/mol. The van der Waals surface area contributed by atoms with Crippen LogP contribution in [0.4, 0.5) is 5.69 Å². The molecule has 0 unspecified atom stereocenters. The van der Waals surface area contributed by atoms with Gasteiger partial charge < -0.3 is 14.8 Å². The Balaban J connectivity index is 1.27. The quantitative estimate of drug-likeness (QED) is 0.374. The molecular formula is C27H21NO4. The van der Waals surface area contributed by atoms with E-state index in [1.165, 1.54) is 0 Å². The zero-order valence-corrected chi connectivity index (χ0v) is 17.2. The lowest BCUT2D eigenvalue weighted by Crippen LogP contribution is -2.20. The highest BCUT2D eigenvalue weighted by molar-refractivity contribution is 5.95. The van der Waals surface area contributed by atoms with Gasteiger partial charge in [-0.2, -0.15) is 0 Å². The summed E-state index contributed by atoms with van der Waals surface area (Å²) in [6.07, 6.45) is 0. The first-order valence-electron chi connectivity index (χ1n) is 10.1. The molecule has 0 bridgehead atoms. The fourth-order valence-electron chi connectivity index (χ4n) is 3.07. The molecule has 1 N–H and O–H groups in total. The van der Waals surface area contributed by atoms with Gasteiger partial charge in [-0.15, -0.1) is 0 Å². The number of hydrogen-bond donors (Lipinski definition) is 1. The zero-order chi connectivity index (χ0) is 22.2. The van der Waals surface area contributed by atoms with Gasteiger partial charge in [0.25, 0.3) is 5.91 Å². The second kappa shape index (κ2) is 10.1. The number of benzene rings is 4. The topological polar surface area (TPSA) is 64.6 Å². The minimum atomic E-state index is -0.550. The maximum absolute atomic E-state index is 12.2. The molecule has 0 fully saturated rings. The summed E-state index contributed by atoms with van der Waals surface area (Å²) in [5.74, 6) is 0.412. The number of esters is 1. The second-order valence-corrected chi connectivity index (χ2v) is 7.01. The molecule has 4 rings (SSSR count). The monoisotopic (exact) mass is 423 g/mol. The van der Waals surface area contributed by atoms with Crippen molar-refractivity contribution in [3.63, 3.8) is 0 Å². The third-order valence-electron chi connectivity index (χ3n) is 4.68. The normalized spacial score (nSPS) is 10.2. The predicted molar refractivity (Wildman–Crippen MR) is 124 cm³/mol. The van der Waals surface area contributed by atoms with E-state index in [0.717, 1.165) is 16.9 Å². The van der Waals surface area contributed by atoms with Gasteiger partial charge >= 0.3 is 5.97 Å². The molecule has 4 aromatic carbocycles. The van der Waals surface area contributed by atoms with Crippen LogP contribution in [0.25, 0.3) is 11.1 Å². The number of carbonyl (C=O) groups excluding carboxylic acids is 2.